The number of nitrogens with zero attached hydrogens (tertiary/aromatic N) is 1. The summed E-state index contributed by atoms with van der Waals surface area (Å²) in [7, 11) is 0. The van der Waals surface area contributed by atoms with Crippen LogP contribution >= 0.6 is 0 Å². The van der Waals surface area contributed by atoms with Gasteiger partial charge in [0.15, 0.2) is 5.82 Å². The lowest BCUT2D eigenvalue weighted by Gasteiger charge is -2.21. The zero-order valence-corrected chi connectivity index (χ0v) is 12.0. The highest BCUT2D eigenvalue weighted by atomic mass is 16.2. The van der Waals surface area contributed by atoms with Crippen molar-refractivity contribution in [3.63, 3.8) is 0 Å². The summed E-state index contributed by atoms with van der Waals surface area (Å²) in [5.41, 5.74) is 1.27. The van der Waals surface area contributed by atoms with Crippen LogP contribution in [0.3, 0.4) is 0 Å². The van der Waals surface area contributed by atoms with Crippen molar-refractivity contribution in [1.82, 2.24) is 15.5 Å². The van der Waals surface area contributed by atoms with Crippen molar-refractivity contribution in [2.24, 2.45) is 11.3 Å². The molecule has 0 spiro atoms. The number of hydrogen-bond donors (Lipinski definition) is 3. The van der Waals surface area contributed by atoms with Gasteiger partial charge in [-0.15, -0.1) is 0 Å². The second-order valence-corrected chi connectivity index (χ2v) is 6.53. The Morgan fingerprint density at radius 1 is 1.42 bits per heavy atom. The number of carbonyl (C=O) groups excluding carboxylic acids is 1. The van der Waals surface area contributed by atoms with Crippen LogP contribution in [0.2, 0.25) is 0 Å². The highest BCUT2D eigenvalue weighted by Crippen LogP contribution is 2.21. The largest absolute Gasteiger partial charge is 0.317 e. The van der Waals surface area contributed by atoms with Crippen LogP contribution in [-0.2, 0) is 11.2 Å². The number of anilines is 1. The number of amides is 1. The van der Waals surface area contributed by atoms with Crippen LogP contribution in [0.4, 0.5) is 5.82 Å². The molecule has 0 radical (unpaired) electrons. The fourth-order valence-electron chi connectivity index (χ4n) is 2.40. The third kappa shape index (κ3) is 4.35. The number of carbonyl (C=O) groups is 1. The van der Waals surface area contributed by atoms with Gasteiger partial charge in [0.05, 0.1) is 0 Å². The van der Waals surface area contributed by atoms with Crippen LogP contribution in [0.5, 0.6) is 0 Å². The van der Waals surface area contributed by atoms with E-state index in [2.05, 4.69) is 41.6 Å². The van der Waals surface area contributed by atoms with E-state index >= 15 is 0 Å². The van der Waals surface area contributed by atoms with E-state index in [-0.39, 0.29) is 17.2 Å². The summed E-state index contributed by atoms with van der Waals surface area (Å²) < 4.78 is 0. The Hall–Kier alpha value is -1.36. The van der Waals surface area contributed by atoms with Gasteiger partial charge in [-0.25, -0.2) is 0 Å². The smallest absolute Gasteiger partial charge is 0.228 e. The molecule has 2 heterocycles. The molecule has 0 atom stereocenters. The molecule has 106 valence electrons. The molecular formula is C14H24N4O. The Morgan fingerprint density at radius 2 is 2.11 bits per heavy atom. The molecule has 1 amide bonds. The van der Waals surface area contributed by atoms with E-state index in [0.717, 1.165) is 38.0 Å². The van der Waals surface area contributed by atoms with Crippen molar-refractivity contribution in [1.29, 1.82) is 0 Å². The molecule has 1 aromatic rings. The summed E-state index contributed by atoms with van der Waals surface area (Å²) in [5, 5.41) is 13.3. The lowest BCUT2D eigenvalue weighted by Crippen LogP contribution is -2.34. The lowest BCUT2D eigenvalue weighted by molar-refractivity contribution is -0.120. The summed E-state index contributed by atoms with van der Waals surface area (Å²) in [4.78, 5) is 12.1. The van der Waals surface area contributed by atoms with Crippen molar-refractivity contribution in [3.05, 3.63) is 11.8 Å². The van der Waals surface area contributed by atoms with Gasteiger partial charge in [0, 0.05) is 17.7 Å². The molecular weight excluding hydrogens is 240 g/mol. The number of piperidine rings is 1. The van der Waals surface area contributed by atoms with Gasteiger partial charge in [0.1, 0.15) is 0 Å². The second-order valence-electron chi connectivity index (χ2n) is 6.53. The number of aromatic nitrogens is 2. The molecule has 0 bridgehead atoms. The highest BCUT2D eigenvalue weighted by Gasteiger charge is 2.21. The van der Waals surface area contributed by atoms with Crippen LogP contribution in [0, 0.1) is 11.3 Å². The Morgan fingerprint density at radius 3 is 2.74 bits per heavy atom. The van der Waals surface area contributed by atoms with Gasteiger partial charge in [0.25, 0.3) is 0 Å². The molecule has 0 saturated carbocycles. The Labute approximate surface area is 114 Å². The van der Waals surface area contributed by atoms with Gasteiger partial charge in [-0.05, 0) is 37.8 Å². The van der Waals surface area contributed by atoms with Crippen LogP contribution in [-0.4, -0.2) is 29.2 Å². The van der Waals surface area contributed by atoms with Gasteiger partial charge in [-0.1, -0.05) is 20.8 Å². The minimum atomic E-state index is 0.0929. The monoisotopic (exact) mass is 264 g/mol. The maximum Gasteiger partial charge on any atom is 0.228 e. The van der Waals surface area contributed by atoms with E-state index in [0.29, 0.717) is 5.82 Å². The summed E-state index contributed by atoms with van der Waals surface area (Å²) in [6.45, 7) is 8.39. The first-order chi connectivity index (χ1) is 8.94. The molecule has 2 rings (SSSR count). The van der Waals surface area contributed by atoms with Gasteiger partial charge in [-0.2, -0.15) is 5.10 Å². The predicted molar refractivity (Wildman–Crippen MR) is 76.0 cm³/mol. The standard InChI is InChI=1S/C14H24N4O/c1-14(2,3)9-11-8-12(18-17-11)16-13(19)10-4-6-15-7-5-10/h8,10,15H,4-7,9H2,1-3H3,(H2,16,17,18,19). The van der Waals surface area contributed by atoms with E-state index < -0.39 is 0 Å². The first kappa shape index (κ1) is 14.1. The van der Waals surface area contributed by atoms with E-state index in [9.17, 15) is 4.79 Å². The average molecular weight is 264 g/mol. The van der Waals surface area contributed by atoms with Gasteiger partial charge < -0.3 is 10.6 Å². The van der Waals surface area contributed by atoms with E-state index in [1.165, 1.54) is 0 Å². The molecule has 1 aromatic heterocycles. The molecule has 0 aromatic carbocycles. The zero-order valence-electron chi connectivity index (χ0n) is 12.0. The van der Waals surface area contributed by atoms with E-state index in [1.54, 1.807) is 0 Å². The molecule has 0 unspecified atom stereocenters. The molecule has 1 saturated heterocycles. The Kier molecular flexibility index (Phi) is 4.24. The number of H-pyrrole nitrogens is 1. The SMILES string of the molecule is CC(C)(C)Cc1cc(NC(=O)C2CCNCC2)n[nH]1. The lowest BCUT2D eigenvalue weighted by atomic mass is 9.91. The molecule has 1 fully saturated rings. The van der Waals surface area contributed by atoms with Crippen molar-refractivity contribution in [2.45, 2.75) is 40.0 Å². The fourth-order valence-corrected chi connectivity index (χ4v) is 2.40. The number of rotatable bonds is 3. The fraction of sp³-hybridized carbons (Fsp3) is 0.714. The third-order valence-electron chi connectivity index (χ3n) is 3.31. The molecule has 3 N–H and O–H groups in total. The third-order valence-corrected chi connectivity index (χ3v) is 3.31. The number of nitrogens with one attached hydrogen (secondary N) is 3. The van der Waals surface area contributed by atoms with Gasteiger partial charge >= 0.3 is 0 Å². The van der Waals surface area contributed by atoms with E-state index in [1.807, 2.05) is 6.07 Å². The van der Waals surface area contributed by atoms with Crippen molar-refractivity contribution in [3.8, 4) is 0 Å². The van der Waals surface area contributed by atoms with Crippen LogP contribution < -0.4 is 10.6 Å². The van der Waals surface area contributed by atoms with Crippen LogP contribution in [0.15, 0.2) is 6.07 Å². The summed E-state index contributed by atoms with van der Waals surface area (Å²) in [5.74, 6) is 0.849. The normalized spacial score (nSPS) is 17.4. The Bertz CT molecular complexity index is 427. The number of hydrogen-bond acceptors (Lipinski definition) is 3. The topological polar surface area (TPSA) is 69.8 Å². The molecule has 5 nitrogen and oxygen atoms in total. The predicted octanol–water partition coefficient (Wildman–Crippen LogP) is 1.94. The summed E-state index contributed by atoms with van der Waals surface area (Å²) >= 11 is 0. The first-order valence-electron chi connectivity index (χ1n) is 7.00. The van der Waals surface area contributed by atoms with Crippen LogP contribution in [0.25, 0.3) is 0 Å². The van der Waals surface area contributed by atoms with Crippen molar-refractivity contribution in [2.75, 3.05) is 18.4 Å². The maximum absolute atomic E-state index is 12.1. The van der Waals surface area contributed by atoms with Gasteiger partial charge in [0.2, 0.25) is 5.91 Å². The quantitative estimate of drug-likeness (QED) is 0.781. The van der Waals surface area contributed by atoms with Crippen molar-refractivity contribution >= 4 is 11.7 Å². The molecule has 19 heavy (non-hydrogen) atoms. The Balaban J connectivity index is 1.90. The minimum absolute atomic E-state index is 0.0929. The summed E-state index contributed by atoms with van der Waals surface area (Å²) in [6.07, 6.45) is 2.74. The summed E-state index contributed by atoms with van der Waals surface area (Å²) in [6, 6.07) is 1.93. The number of aromatic amines is 1. The van der Waals surface area contributed by atoms with Crippen LogP contribution in [0.1, 0.15) is 39.3 Å². The van der Waals surface area contributed by atoms with Crippen molar-refractivity contribution < 1.29 is 4.79 Å². The molecule has 5 heteroatoms. The molecule has 0 aliphatic carbocycles. The molecule has 1 aliphatic rings. The second kappa shape index (κ2) is 5.74. The maximum atomic E-state index is 12.1. The average Bonchev–Trinajstić information content (AvgIpc) is 2.75. The van der Waals surface area contributed by atoms with Gasteiger partial charge in [-0.3, -0.25) is 9.89 Å². The zero-order chi connectivity index (χ0) is 13.9. The van der Waals surface area contributed by atoms with E-state index in [4.69, 9.17) is 0 Å². The minimum Gasteiger partial charge on any atom is -0.317 e. The first-order valence-corrected chi connectivity index (χ1v) is 7.00. The highest BCUT2D eigenvalue weighted by molar-refractivity contribution is 5.91. The molecule has 1 aliphatic heterocycles.